The first kappa shape index (κ1) is 23.7. The molecule has 2 aromatic carbocycles. The molecule has 2 aromatic rings. The molecule has 0 fully saturated rings. The smallest absolute Gasteiger partial charge is 0.303 e. The number of hydrogen-bond acceptors (Lipinski definition) is 6. The Bertz CT molecular complexity index is 697. The second kappa shape index (κ2) is 12.9. The molecule has 0 saturated carbocycles. The molecule has 6 nitrogen and oxygen atoms in total. The van der Waals surface area contributed by atoms with E-state index in [4.69, 9.17) is 25.1 Å². The molecule has 0 bridgehead atoms. The Hall–Kier alpha value is -2.38. The van der Waals surface area contributed by atoms with Crippen molar-refractivity contribution in [1.82, 2.24) is 0 Å². The van der Waals surface area contributed by atoms with Crippen molar-refractivity contribution in [3.05, 3.63) is 53.6 Å². The lowest BCUT2D eigenvalue weighted by Crippen LogP contribution is -2.09. The lowest BCUT2D eigenvalue weighted by molar-refractivity contribution is -0.136. The van der Waals surface area contributed by atoms with Crippen LogP contribution >= 0.6 is 11.8 Å². The molecule has 0 heterocycles. The molecular formula is C21H29NO5S. The van der Waals surface area contributed by atoms with E-state index in [1.165, 1.54) is 0 Å². The summed E-state index contributed by atoms with van der Waals surface area (Å²) >= 11 is 1.66. The maximum absolute atomic E-state index is 10.2. The predicted molar refractivity (Wildman–Crippen MR) is 113 cm³/mol. The molecular weight excluding hydrogens is 378 g/mol. The number of carboxylic acid groups (broad SMARTS) is 1. The first-order chi connectivity index (χ1) is 13.4. The molecule has 0 amide bonds. The second-order valence-corrected chi connectivity index (χ2v) is 7.29. The number of benzene rings is 2. The SMILES string of the molecule is COc1cc(CSC(C)N)cc(OC)c1OC.O=C(O)CCc1ccccc1. The van der Waals surface area contributed by atoms with Crippen molar-refractivity contribution in [2.75, 3.05) is 21.3 Å². The highest BCUT2D eigenvalue weighted by Crippen LogP contribution is 2.39. The minimum atomic E-state index is -0.742. The van der Waals surface area contributed by atoms with Crippen LogP contribution in [0.5, 0.6) is 17.2 Å². The van der Waals surface area contributed by atoms with Crippen LogP contribution in [0, 0.1) is 0 Å². The van der Waals surface area contributed by atoms with E-state index in [0.717, 1.165) is 16.9 Å². The van der Waals surface area contributed by atoms with Gasteiger partial charge in [0.05, 0.1) is 21.3 Å². The van der Waals surface area contributed by atoms with Crippen LogP contribution in [0.25, 0.3) is 0 Å². The quantitative estimate of drug-likeness (QED) is 0.608. The average molecular weight is 408 g/mol. The van der Waals surface area contributed by atoms with E-state index in [9.17, 15) is 4.79 Å². The average Bonchev–Trinajstić information content (AvgIpc) is 2.71. The van der Waals surface area contributed by atoms with Crippen molar-refractivity contribution in [3.63, 3.8) is 0 Å². The molecule has 0 aliphatic carbocycles. The van der Waals surface area contributed by atoms with Gasteiger partial charge in [0.2, 0.25) is 5.75 Å². The van der Waals surface area contributed by atoms with E-state index in [2.05, 4.69) is 0 Å². The van der Waals surface area contributed by atoms with E-state index < -0.39 is 5.97 Å². The van der Waals surface area contributed by atoms with Crippen LogP contribution in [0.3, 0.4) is 0 Å². The van der Waals surface area contributed by atoms with Crippen molar-refractivity contribution >= 4 is 17.7 Å². The van der Waals surface area contributed by atoms with Gasteiger partial charge in [0.25, 0.3) is 0 Å². The number of ether oxygens (including phenoxy) is 3. The number of carboxylic acids is 1. The molecule has 1 unspecified atom stereocenters. The van der Waals surface area contributed by atoms with Gasteiger partial charge in [-0.25, -0.2) is 0 Å². The van der Waals surface area contributed by atoms with Crippen LogP contribution in [0.1, 0.15) is 24.5 Å². The second-order valence-electron chi connectivity index (χ2n) is 5.93. The van der Waals surface area contributed by atoms with Crippen LogP contribution in [0.4, 0.5) is 0 Å². The predicted octanol–water partition coefficient (Wildman–Crippen LogP) is 3.95. The molecule has 154 valence electrons. The summed E-state index contributed by atoms with van der Waals surface area (Å²) in [5, 5.41) is 8.48. The van der Waals surface area contributed by atoms with Gasteiger partial charge >= 0.3 is 5.97 Å². The van der Waals surface area contributed by atoms with Gasteiger partial charge < -0.3 is 25.1 Å². The lowest BCUT2D eigenvalue weighted by Gasteiger charge is -2.14. The summed E-state index contributed by atoms with van der Waals surface area (Å²) in [5.74, 6) is 2.03. The highest BCUT2D eigenvalue weighted by Gasteiger charge is 2.13. The Kier molecular flexibility index (Phi) is 10.9. The van der Waals surface area contributed by atoms with Crippen molar-refractivity contribution in [2.24, 2.45) is 5.73 Å². The summed E-state index contributed by atoms with van der Waals surface area (Å²) in [6.07, 6.45) is 0.834. The molecule has 28 heavy (non-hydrogen) atoms. The fraction of sp³-hybridized carbons (Fsp3) is 0.381. The largest absolute Gasteiger partial charge is 0.493 e. The van der Waals surface area contributed by atoms with Crippen molar-refractivity contribution < 1.29 is 24.1 Å². The molecule has 0 aliphatic heterocycles. The van der Waals surface area contributed by atoms with Gasteiger partial charge in [0, 0.05) is 17.5 Å². The van der Waals surface area contributed by atoms with Gasteiger partial charge in [0.1, 0.15) is 0 Å². The minimum Gasteiger partial charge on any atom is -0.493 e. The number of aliphatic carboxylic acids is 1. The number of carbonyl (C=O) groups is 1. The van der Waals surface area contributed by atoms with Crippen molar-refractivity contribution in [3.8, 4) is 17.2 Å². The maximum atomic E-state index is 10.2. The molecule has 3 N–H and O–H groups in total. The Morgan fingerprint density at radius 1 is 1.04 bits per heavy atom. The van der Waals surface area contributed by atoms with Crippen LogP contribution in [0.2, 0.25) is 0 Å². The van der Waals surface area contributed by atoms with Crippen molar-refractivity contribution in [1.29, 1.82) is 0 Å². The third kappa shape index (κ3) is 8.54. The molecule has 0 aromatic heterocycles. The standard InChI is InChI=1S/C12H19NO3S.C9H10O2/c1-8(13)17-7-9-5-10(14-2)12(16-4)11(6-9)15-3;10-9(11)7-6-8-4-2-1-3-5-8/h5-6,8H,7,13H2,1-4H3;1-5H,6-7H2,(H,10,11). The van der Waals surface area contributed by atoms with E-state index in [1.807, 2.05) is 49.4 Å². The first-order valence-corrected chi connectivity index (χ1v) is 9.87. The van der Waals surface area contributed by atoms with Gasteiger partial charge in [-0.1, -0.05) is 30.3 Å². The Labute approximate surface area is 171 Å². The van der Waals surface area contributed by atoms with E-state index in [1.54, 1.807) is 33.1 Å². The summed E-state index contributed by atoms with van der Waals surface area (Å²) in [5.41, 5.74) is 7.89. The zero-order valence-corrected chi connectivity index (χ0v) is 17.6. The number of nitrogens with two attached hydrogens (primary N) is 1. The number of aryl methyl sites for hydroxylation is 1. The molecule has 2 rings (SSSR count). The summed E-state index contributed by atoms with van der Waals surface area (Å²) in [6.45, 7) is 1.96. The van der Waals surface area contributed by atoms with Crippen molar-refractivity contribution in [2.45, 2.75) is 30.9 Å². The van der Waals surface area contributed by atoms with Crippen LogP contribution in [-0.4, -0.2) is 37.8 Å². The van der Waals surface area contributed by atoms with Gasteiger partial charge in [-0.15, -0.1) is 11.8 Å². The monoisotopic (exact) mass is 407 g/mol. The third-order valence-corrected chi connectivity index (χ3v) is 4.73. The number of hydrogen-bond donors (Lipinski definition) is 2. The van der Waals surface area contributed by atoms with Crippen LogP contribution in [0.15, 0.2) is 42.5 Å². The summed E-state index contributed by atoms with van der Waals surface area (Å²) < 4.78 is 15.8. The normalized spacial score (nSPS) is 11.0. The number of thioether (sulfide) groups is 1. The van der Waals surface area contributed by atoms with Gasteiger partial charge in [-0.2, -0.15) is 0 Å². The highest BCUT2D eigenvalue weighted by atomic mass is 32.2. The fourth-order valence-corrected chi connectivity index (χ4v) is 2.96. The van der Waals surface area contributed by atoms with Crippen LogP contribution in [-0.2, 0) is 17.0 Å². The molecule has 0 spiro atoms. The minimum absolute atomic E-state index is 0.106. The summed E-state index contributed by atoms with van der Waals surface area (Å²) in [4.78, 5) is 10.2. The molecule has 0 saturated heterocycles. The zero-order valence-electron chi connectivity index (χ0n) is 16.8. The summed E-state index contributed by atoms with van der Waals surface area (Å²) in [6, 6.07) is 13.5. The molecule has 7 heteroatoms. The Balaban J connectivity index is 0.000000307. The Morgan fingerprint density at radius 2 is 1.61 bits per heavy atom. The number of rotatable bonds is 9. The zero-order chi connectivity index (χ0) is 20.9. The van der Waals surface area contributed by atoms with Gasteiger partial charge in [-0.05, 0) is 36.6 Å². The Morgan fingerprint density at radius 3 is 2.04 bits per heavy atom. The number of methoxy groups -OCH3 is 3. The molecule has 0 aliphatic rings. The van der Waals surface area contributed by atoms with E-state index in [-0.39, 0.29) is 11.8 Å². The van der Waals surface area contributed by atoms with Gasteiger partial charge in [0.15, 0.2) is 11.5 Å². The third-order valence-electron chi connectivity index (χ3n) is 3.71. The van der Waals surface area contributed by atoms with E-state index in [0.29, 0.717) is 23.7 Å². The molecule has 0 radical (unpaired) electrons. The lowest BCUT2D eigenvalue weighted by atomic mass is 10.1. The van der Waals surface area contributed by atoms with Crippen LogP contribution < -0.4 is 19.9 Å². The van der Waals surface area contributed by atoms with Gasteiger partial charge in [-0.3, -0.25) is 4.79 Å². The topological polar surface area (TPSA) is 91.0 Å². The highest BCUT2D eigenvalue weighted by molar-refractivity contribution is 7.99. The fourth-order valence-electron chi connectivity index (χ4n) is 2.34. The maximum Gasteiger partial charge on any atom is 0.303 e. The molecule has 1 atom stereocenters. The van der Waals surface area contributed by atoms with E-state index >= 15 is 0 Å². The summed E-state index contributed by atoms with van der Waals surface area (Å²) in [7, 11) is 4.82. The first-order valence-electron chi connectivity index (χ1n) is 8.83.